The molecular formula is C15H20ClNO2. The summed E-state index contributed by atoms with van der Waals surface area (Å²) in [4.78, 5) is 11.8. The minimum Gasteiger partial charge on any atom is -0.484 e. The first-order valence-corrected chi connectivity index (χ1v) is 7.20. The molecule has 2 rings (SSSR count). The second-order valence-corrected chi connectivity index (χ2v) is 5.62. The van der Waals surface area contributed by atoms with Crippen molar-refractivity contribution in [2.45, 2.75) is 38.6 Å². The smallest absolute Gasteiger partial charge is 0.258 e. The van der Waals surface area contributed by atoms with Crippen molar-refractivity contribution in [2.75, 3.05) is 6.61 Å². The van der Waals surface area contributed by atoms with E-state index < -0.39 is 0 Å². The van der Waals surface area contributed by atoms with Crippen LogP contribution in [-0.4, -0.2) is 18.6 Å². The van der Waals surface area contributed by atoms with E-state index in [1.165, 1.54) is 19.3 Å². The first kappa shape index (κ1) is 14.2. The maximum atomic E-state index is 11.8. The normalized spacial score (nSPS) is 22.8. The van der Waals surface area contributed by atoms with Crippen LogP contribution in [0, 0.1) is 5.92 Å². The van der Waals surface area contributed by atoms with Gasteiger partial charge >= 0.3 is 0 Å². The highest BCUT2D eigenvalue weighted by molar-refractivity contribution is 6.30. The van der Waals surface area contributed by atoms with E-state index in [4.69, 9.17) is 16.3 Å². The number of amides is 1. The Bertz CT molecular complexity index is 436. The van der Waals surface area contributed by atoms with Gasteiger partial charge in [0.1, 0.15) is 5.75 Å². The van der Waals surface area contributed by atoms with Crippen molar-refractivity contribution in [3.8, 4) is 5.75 Å². The van der Waals surface area contributed by atoms with Gasteiger partial charge in [0.15, 0.2) is 6.61 Å². The number of halogens is 1. The molecule has 3 nitrogen and oxygen atoms in total. The molecule has 1 amide bonds. The lowest BCUT2D eigenvalue weighted by Crippen LogP contribution is -2.43. The van der Waals surface area contributed by atoms with Crippen LogP contribution < -0.4 is 10.1 Å². The standard InChI is InChI=1S/C15H20ClNO2/c1-11-5-2-3-8-14(11)17-15(18)10-19-13-7-4-6-12(16)9-13/h4,6-7,9,11,14H,2-3,5,8,10H2,1H3,(H,17,18)/t11-,14+/m0/s1. The van der Waals surface area contributed by atoms with Crippen LogP contribution in [0.25, 0.3) is 0 Å². The predicted octanol–water partition coefficient (Wildman–Crippen LogP) is 3.41. The third-order valence-corrected chi connectivity index (χ3v) is 3.86. The quantitative estimate of drug-likeness (QED) is 0.918. The van der Waals surface area contributed by atoms with Gasteiger partial charge in [-0.3, -0.25) is 4.79 Å². The van der Waals surface area contributed by atoms with Gasteiger partial charge in [0, 0.05) is 11.1 Å². The Hall–Kier alpha value is -1.22. The second kappa shape index (κ2) is 6.80. The van der Waals surface area contributed by atoms with E-state index in [2.05, 4.69) is 12.2 Å². The molecule has 1 aliphatic rings. The van der Waals surface area contributed by atoms with E-state index >= 15 is 0 Å². The highest BCUT2D eigenvalue weighted by Crippen LogP contribution is 2.23. The molecule has 1 aromatic carbocycles. The minimum absolute atomic E-state index is 0.0452. The van der Waals surface area contributed by atoms with E-state index in [0.717, 1.165) is 6.42 Å². The van der Waals surface area contributed by atoms with Gasteiger partial charge in [-0.1, -0.05) is 37.4 Å². The highest BCUT2D eigenvalue weighted by Gasteiger charge is 2.22. The number of ether oxygens (including phenoxy) is 1. The molecule has 1 fully saturated rings. The summed E-state index contributed by atoms with van der Waals surface area (Å²) in [6, 6.07) is 7.38. The predicted molar refractivity (Wildman–Crippen MR) is 76.5 cm³/mol. The van der Waals surface area contributed by atoms with Crippen LogP contribution in [-0.2, 0) is 4.79 Å². The summed E-state index contributed by atoms with van der Waals surface area (Å²) in [5.41, 5.74) is 0. The summed E-state index contributed by atoms with van der Waals surface area (Å²) in [6.07, 6.45) is 4.74. The van der Waals surface area contributed by atoms with Gasteiger partial charge in [-0.25, -0.2) is 0 Å². The van der Waals surface area contributed by atoms with Crippen LogP contribution in [0.5, 0.6) is 5.75 Å². The summed E-state index contributed by atoms with van der Waals surface area (Å²) in [7, 11) is 0. The Balaban J connectivity index is 1.78. The summed E-state index contributed by atoms with van der Waals surface area (Å²) in [6.45, 7) is 2.24. The molecule has 0 spiro atoms. The zero-order valence-corrected chi connectivity index (χ0v) is 12.0. The number of nitrogens with one attached hydrogen (secondary N) is 1. The number of hydrogen-bond donors (Lipinski definition) is 1. The molecule has 1 aliphatic carbocycles. The largest absolute Gasteiger partial charge is 0.484 e. The minimum atomic E-state index is -0.0567. The van der Waals surface area contributed by atoms with E-state index in [9.17, 15) is 4.79 Å². The zero-order valence-electron chi connectivity index (χ0n) is 11.2. The summed E-state index contributed by atoms with van der Waals surface area (Å²) in [5.74, 6) is 1.13. The molecule has 1 aromatic rings. The molecule has 0 radical (unpaired) electrons. The third-order valence-electron chi connectivity index (χ3n) is 3.62. The average molecular weight is 282 g/mol. The number of benzene rings is 1. The Labute approximate surface area is 119 Å². The molecule has 0 saturated heterocycles. The van der Waals surface area contributed by atoms with Crippen LogP contribution >= 0.6 is 11.6 Å². The summed E-state index contributed by atoms with van der Waals surface area (Å²) in [5, 5.41) is 3.67. The van der Waals surface area contributed by atoms with Gasteiger partial charge in [0.05, 0.1) is 0 Å². The number of carbonyl (C=O) groups is 1. The third kappa shape index (κ3) is 4.43. The van der Waals surface area contributed by atoms with Crippen molar-refractivity contribution in [1.29, 1.82) is 0 Å². The SMILES string of the molecule is C[C@H]1CCCC[C@H]1NC(=O)COc1cccc(Cl)c1. The lowest BCUT2D eigenvalue weighted by atomic mass is 9.86. The molecular weight excluding hydrogens is 262 g/mol. The molecule has 0 aliphatic heterocycles. The van der Waals surface area contributed by atoms with Gasteiger partial charge in [-0.05, 0) is 37.0 Å². The van der Waals surface area contributed by atoms with Gasteiger partial charge in [0.2, 0.25) is 0 Å². The Morgan fingerprint density at radius 1 is 1.42 bits per heavy atom. The maximum Gasteiger partial charge on any atom is 0.258 e. The second-order valence-electron chi connectivity index (χ2n) is 5.18. The van der Waals surface area contributed by atoms with Crippen LogP contribution in [0.15, 0.2) is 24.3 Å². The molecule has 0 heterocycles. The fourth-order valence-corrected chi connectivity index (χ4v) is 2.67. The molecule has 1 saturated carbocycles. The van der Waals surface area contributed by atoms with Crippen LogP contribution in [0.2, 0.25) is 5.02 Å². The molecule has 19 heavy (non-hydrogen) atoms. The van der Waals surface area contributed by atoms with Gasteiger partial charge in [-0.15, -0.1) is 0 Å². The molecule has 4 heteroatoms. The van der Waals surface area contributed by atoms with Crippen molar-refractivity contribution in [3.05, 3.63) is 29.3 Å². The summed E-state index contributed by atoms with van der Waals surface area (Å²) < 4.78 is 5.43. The molecule has 0 unspecified atom stereocenters. The van der Waals surface area contributed by atoms with E-state index in [1.807, 2.05) is 0 Å². The Morgan fingerprint density at radius 2 is 2.21 bits per heavy atom. The van der Waals surface area contributed by atoms with Gasteiger partial charge in [-0.2, -0.15) is 0 Å². The number of rotatable bonds is 4. The molecule has 0 bridgehead atoms. The fourth-order valence-electron chi connectivity index (χ4n) is 2.48. The Morgan fingerprint density at radius 3 is 2.95 bits per heavy atom. The Kier molecular flexibility index (Phi) is 5.08. The maximum absolute atomic E-state index is 11.8. The summed E-state index contributed by atoms with van der Waals surface area (Å²) >= 11 is 5.85. The van der Waals surface area contributed by atoms with E-state index in [0.29, 0.717) is 22.7 Å². The molecule has 0 aromatic heterocycles. The average Bonchev–Trinajstić information content (AvgIpc) is 2.39. The lowest BCUT2D eigenvalue weighted by Gasteiger charge is -2.29. The van der Waals surface area contributed by atoms with Crippen molar-refractivity contribution >= 4 is 17.5 Å². The van der Waals surface area contributed by atoms with E-state index in [1.54, 1.807) is 24.3 Å². The molecule has 2 atom stereocenters. The topological polar surface area (TPSA) is 38.3 Å². The van der Waals surface area contributed by atoms with Crippen LogP contribution in [0.3, 0.4) is 0 Å². The highest BCUT2D eigenvalue weighted by atomic mass is 35.5. The van der Waals surface area contributed by atoms with Crippen molar-refractivity contribution in [1.82, 2.24) is 5.32 Å². The first-order valence-electron chi connectivity index (χ1n) is 6.83. The monoisotopic (exact) mass is 281 g/mol. The fraction of sp³-hybridized carbons (Fsp3) is 0.533. The van der Waals surface area contributed by atoms with Gasteiger partial charge in [0.25, 0.3) is 5.91 Å². The van der Waals surface area contributed by atoms with Crippen molar-refractivity contribution < 1.29 is 9.53 Å². The molecule has 1 N–H and O–H groups in total. The first-order chi connectivity index (χ1) is 9.15. The number of carbonyl (C=O) groups excluding carboxylic acids is 1. The number of hydrogen-bond acceptors (Lipinski definition) is 2. The zero-order chi connectivity index (χ0) is 13.7. The van der Waals surface area contributed by atoms with Crippen molar-refractivity contribution in [3.63, 3.8) is 0 Å². The van der Waals surface area contributed by atoms with Crippen LogP contribution in [0.4, 0.5) is 0 Å². The molecule has 104 valence electrons. The van der Waals surface area contributed by atoms with Crippen molar-refractivity contribution in [2.24, 2.45) is 5.92 Å². The van der Waals surface area contributed by atoms with Gasteiger partial charge < -0.3 is 10.1 Å². The van der Waals surface area contributed by atoms with E-state index in [-0.39, 0.29) is 12.5 Å². The lowest BCUT2D eigenvalue weighted by molar-refractivity contribution is -0.124. The van der Waals surface area contributed by atoms with Crippen LogP contribution in [0.1, 0.15) is 32.6 Å².